The van der Waals surface area contributed by atoms with E-state index in [-0.39, 0.29) is 24.9 Å². The highest BCUT2D eigenvalue weighted by atomic mass is 35.5. The second kappa shape index (κ2) is 10.1. The monoisotopic (exact) mass is 307 g/mol. The summed E-state index contributed by atoms with van der Waals surface area (Å²) in [5, 5.41) is 14.4. The van der Waals surface area contributed by atoms with Crippen LogP contribution in [-0.4, -0.2) is 35.7 Å². The van der Waals surface area contributed by atoms with Gasteiger partial charge in [0.2, 0.25) is 0 Å². The maximum Gasteiger partial charge on any atom is 0.270 e. The largest absolute Gasteiger partial charge is 0.396 e. The van der Waals surface area contributed by atoms with Crippen molar-refractivity contribution in [3.8, 4) is 0 Å². The quantitative estimate of drug-likeness (QED) is 0.673. The van der Waals surface area contributed by atoms with Crippen LogP contribution >= 0.6 is 23.7 Å². The molecular weight excluding hydrogens is 286 g/mol. The number of nitrogens with zero attached hydrogens (tertiary/aromatic N) is 1. The number of nitrogens with one attached hydrogen (secondary N) is 1. The molecule has 0 aliphatic heterocycles. The lowest BCUT2D eigenvalue weighted by Crippen LogP contribution is -2.29. The molecular formula is C12H22ClN3O2S. The molecule has 0 aliphatic carbocycles. The highest BCUT2D eigenvalue weighted by molar-refractivity contribution is 7.09. The first-order chi connectivity index (χ1) is 8.71. The number of nitrogens with two attached hydrogens (primary N) is 1. The van der Waals surface area contributed by atoms with Crippen molar-refractivity contribution < 1.29 is 9.90 Å². The molecule has 5 nitrogen and oxygen atoms in total. The Balaban J connectivity index is 0.00000324. The van der Waals surface area contributed by atoms with Gasteiger partial charge >= 0.3 is 0 Å². The molecule has 1 rings (SSSR count). The van der Waals surface area contributed by atoms with E-state index >= 15 is 0 Å². The molecule has 0 aromatic carbocycles. The molecule has 1 atom stereocenters. The average molecular weight is 308 g/mol. The van der Waals surface area contributed by atoms with Gasteiger partial charge in [-0.1, -0.05) is 13.3 Å². The summed E-state index contributed by atoms with van der Waals surface area (Å²) in [6.45, 7) is 3.34. The molecule has 1 aromatic rings. The van der Waals surface area contributed by atoms with E-state index in [1.165, 1.54) is 11.3 Å². The third-order valence-electron chi connectivity index (χ3n) is 2.81. The van der Waals surface area contributed by atoms with Crippen molar-refractivity contribution in [1.82, 2.24) is 10.3 Å². The first-order valence-electron chi connectivity index (χ1n) is 6.24. The van der Waals surface area contributed by atoms with E-state index in [0.29, 0.717) is 37.5 Å². The molecule has 4 N–H and O–H groups in total. The van der Waals surface area contributed by atoms with Crippen molar-refractivity contribution in [2.45, 2.75) is 26.2 Å². The number of carbonyl (C=O) groups is 1. The van der Waals surface area contributed by atoms with E-state index in [0.717, 1.165) is 11.4 Å². The number of aliphatic hydroxyl groups is 1. The lowest BCUT2D eigenvalue weighted by atomic mass is 10.0. The van der Waals surface area contributed by atoms with Crippen LogP contribution in [0.25, 0.3) is 0 Å². The van der Waals surface area contributed by atoms with Crippen molar-refractivity contribution in [2.75, 3.05) is 19.7 Å². The SMILES string of the molecule is CCC(CCO)CNC(=O)c1csc(CCN)n1.Cl. The molecule has 1 aromatic heterocycles. The summed E-state index contributed by atoms with van der Waals surface area (Å²) in [6.07, 6.45) is 2.36. The number of aromatic nitrogens is 1. The average Bonchev–Trinajstić information content (AvgIpc) is 2.83. The number of amides is 1. The topological polar surface area (TPSA) is 88.2 Å². The van der Waals surface area contributed by atoms with Gasteiger partial charge in [-0.3, -0.25) is 4.79 Å². The highest BCUT2D eigenvalue weighted by Gasteiger charge is 2.12. The molecule has 0 fully saturated rings. The molecule has 0 radical (unpaired) electrons. The van der Waals surface area contributed by atoms with E-state index < -0.39 is 0 Å². The summed E-state index contributed by atoms with van der Waals surface area (Å²) in [6, 6.07) is 0. The van der Waals surface area contributed by atoms with E-state index in [1.807, 2.05) is 0 Å². The minimum absolute atomic E-state index is 0. The van der Waals surface area contributed by atoms with Crippen LogP contribution in [0.5, 0.6) is 0 Å². The first kappa shape index (κ1) is 18.3. The van der Waals surface area contributed by atoms with Crippen LogP contribution in [0.15, 0.2) is 5.38 Å². The number of hydrogen-bond acceptors (Lipinski definition) is 5. The van der Waals surface area contributed by atoms with E-state index in [1.54, 1.807) is 5.38 Å². The van der Waals surface area contributed by atoms with E-state index in [4.69, 9.17) is 10.8 Å². The Morgan fingerprint density at radius 2 is 2.37 bits per heavy atom. The third kappa shape index (κ3) is 6.33. The number of carbonyl (C=O) groups excluding carboxylic acids is 1. The molecule has 1 unspecified atom stereocenters. The smallest absolute Gasteiger partial charge is 0.270 e. The minimum atomic E-state index is -0.147. The van der Waals surface area contributed by atoms with Gasteiger partial charge in [-0.25, -0.2) is 4.98 Å². The number of hydrogen-bond donors (Lipinski definition) is 3. The second-order valence-corrected chi connectivity index (χ2v) is 5.10. The lowest BCUT2D eigenvalue weighted by molar-refractivity contribution is 0.0939. The predicted molar refractivity (Wildman–Crippen MR) is 79.9 cm³/mol. The zero-order chi connectivity index (χ0) is 13.4. The maximum atomic E-state index is 11.8. The fourth-order valence-corrected chi connectivity index (χ4v) is 2.41. The zero-order valence-electron chi connectivity index (χ0n) is 11.1. The molecule has 1 heterocycles. The number of thiazole rings is 1. The molecule has 110 valence electrons. The fourth-order valence-electron chi connectivity index (χ4n) is 1.61. The molecule has 0 aliphatic rings. The second-order valence-electron chi connectivity index (χ2n) is 4.16. The lowest BCUT2D eigenvalue weighted by Gasteiger charge is -2.13. The Labute approximate surface area is 124 Å². The summed E-state index contributed by atoms with van der Waals surface area (Å²) in [4.78, 5) is 16.1. The van der Waals surface area contributed by atoms with Crippen molar-refractivity contribution in [3.63, 3.8) is 0 Å². The maximum absolute atomic E-state index is 11.8. The summed E-state index contributed by atoms with van der Waals surface area (Å²) in [7, 11) is 0. The zero-order valence-corrected chi connectivity index (χ0v) is 12.7. The van der Waals surface area contributed by atoms with Gasteiger partial charge in [0.1, 0.15) is 5.69 Å². The Kier molecular flexibility index (Phi) is 9.77. The predicted octanol–water partition coefficient (Wildman–Crippen LogP) is 1.20. The molecule has 0 spiro atoms. The third-order valence-corrected chi connectivity index (χ3v) is 3.72. The van der Waals surface area contributed by atoms with Crippen LogP contribution < -0.4 is 11.1 Å². The Morgan fingerprint density at radius 3 is 2.95 bits per heavy atom. The standard InChI is InChI=1S/C12H21N3O2S.ClH/c1-2-9(4-6-16)7-14-12(17)10-8-18-11(15-10)3-5-13;/h8-9,16H,2-7,13H2,1H3,(H,14,17);1H. The van der Waals surface area contributed by atoms with Crippen LogP contribution in [0, 0.1) is 5.92 Å². The van der Waals surface area contributed by atoms with Crippen LogP contribution in [0.4, 0.5) is 0 Å². The van der Waals surface area contributed by atoms with Gasteiger partial charge in [-0.15, -0.1) is 23.7 Å². The van der Waals surface area contributed by atoms with Gasteiger partial charge < -0.3 is 16.2 Å². The minimum Gasteiger partial charge on any atom is -0.396 e. The molecule has 1 amide bonds. The van der Waals surface area contributed by atoms with Crippen molar-refractivity contribution in [1.29, 1.82) is 0 Å². The van der Waals surface area contributed by atoms with E-state index in [2.05, 4.69) is 17.2 Å². The summed E-state index contributed by atoms with van der Waals surface area (Å²) < 4.78 is 0. The van der Waals surface area contributed by atoms with Crippen LogP contribution in [0.1, 0.15) is 35.3 Å². The molecule has 7 heteroatoms. The molecule has 0 bridgehead atoms. The first-order valence-corrected chi connectivity index (χ1v) is 7.12. The van der Waals surface area contributed by atoms with Crippen molar-refractivity contribution >= 4 is 29.7 Å². The summed E-state index contributed by atoms with van der Waals surface area (Å²) >= 11 is 1.46. The van der Waals surface area contributed by atoms with Crippen LogP contribution in [-0.2, 0) is 6.42 Å². The van der Waals surface area contributed by atoms with Crippen molar-refractivity contribution in [2.24, 2.45) is 11.7 Å². The van der Waals surface area contributed by atoms with Gasteiger partial charge in [0, 0.05) is 25.0 Å². The van der Waals surface area contributed by atoms with Gasteiger partial charge in [-0.05, 0) is 18.9 Å². The molecule has 19 heavy (non-hydrogen) atoms. The number of aliphatic hydroxyl groups excluding tert-OH is 1. The van der Waals surface area contributed by atoms with Crippen molar-refractivity contribution in [3.05, 3.63) is 16.1 Å². The van der Waals surface area contributed by atoms with Gasteiger partial charge in [-0.2, -0.15) is 0 Å². The van der Waals surface area contributed by atoms with Crippen LogP contribution in [0.3, 0.4) is 0 Å². The van der Waals surface area contributed by atoms with Gasteiger partial charge in [0.25, 0.3) is 5.91 Å². The number of rotatable bonds is 8. The Morgan fingerprint density at radius 1 is 1.63 bits per heavy atom. The van der Waals surface area contributed by atoms with Gasteiger partial charge in [0.05, 0.1) is 5.01 Å². The number of halogens is 1. The molecule has 0 saturated carbocycles. The van der Waals surface area contributed by atoms with Gasteiger partial charge in [0.15, 0.2) is 0 Å². The van der Waals surface area contributed by atoms with Crippen LogP contribution in [0.2, 0.25) is 0 Å². The Hall–Kier alpha value is -0.690. The Bertz CT molecular complexity index is 374. The summed E-state index contributed by atoms with van der Waals surface area (Å²) in [5.41, 5.74) is 5.90. The molecule has 0 saturated heterocycles. The summed E-state index contributed by atoms with van der Waals surface area (Å²) in [5.74, 6) is 0.173. The van der Waals surface area contributed by atoms with E-state index in [9.17, 15) is 4.79 Å². The normalized spacial score (nSPS) is 11.7. The highest BCUT2D eigenvalue weighted by Crippen LogP contribution is 2.11. The fraction of sp³-hybridized carbons (Fsp3) is 0.667.